The Labute approximate surface area is 393 Å². The first kappa shape index (κ1) is 61.4. The molecule has 374 valence electrons. The van der Waals surface area contributed by atoms with Gasteiger partial charge in [0, 0.05) is 19.3 Å². The summed E-state index contributed by atoms with van der Waals surface area (Å²) in [7, 11) is 0. The van der Waals surface area contributed by atoms with Crippen molar-refractivity contribution in [2.24, 2.45) is 5.92 Å². The molecule has 0 aliphatic heterocycles. The number of carbonyl (C=O) groups is 3. The molecular formula is C57H110O6. The van der Waals surface area contributed by atoms with Gasteiger partial charge in [-0.3, -0.25) is 14.4 Å². The summed E-state index contributed by atoms with van der Waals surface area (Å²) in [6.45, 7) is 9.07. The zero-order chi connectivity index (χ0) is 45.9. The molecule has 0 aromatic carbocycles. The number of hydrogen-bond donors (Lipinski definition) is 0. The minimum Gasteiger partial charge on any atom is -0.462 e. The lowest BCUT2D eigenvalue weighted by atomic mass is 9.99. The minimum absolute atomic E-state index is 0.0623. The van der Waals surface area contributed by atoms with Crippen LogP contribution in [0, 0.1) is 5.92 Å². The summed E-state index contributed by atoms with van der Waals surface area (Å²) in [6.07, 6.45) is 55.1. The van der Waals surface area contributed by atoms with Gasteiger partial charge >= 0.3 is 17.9 Å². The molecule has 0 aromatic heterocycles. The van der Waals surface area contributed by atoms with Gasteiger partial charge in [0.25, 0.3) is 0 Å². The lowest BCUT2D eigenvalue weighted by molar-refractivity contribution is -0.167. The van der Waals surface area contributed by atoms with Crippen LogP contribution in [0.25, 0.3) is 0 Å². The first-order valence-electron chi connectivity index (χ1n) is 28.4. The van der Waals surface area contributed by atoms with Crippen LogP contribution < -0.4 is 0 Å². The van der Waals surface area contributed by atoms with E-state index < -0.39 is 6.10 Å². The molecule has 0 rings (SSSR count). The van der Waals surface area contributed by atoms with Crippen LogP contribution in [-0.4, -0.2) is 37.2 Å². The zero-order valence-corrected chi connectivity index (χ0v) is 43.0. The Bertz CT molecular complexity index is 951. The van der Waals surface area contributed by atoms with Crippen molar-refractivity contribution in [3.8, 4) is 0 Å². The number of rotatable bonds is 52. The topological polar surface area (TPSA) is 78.9 Å². The Balaban J connectivity index is 4.28. The molecule has 0 aliphatic rings. The van der Waals surface area contributed by atoms with Crippen LogP contribution >= 0.6 is 0 Å². The second-order valence-electron chi connectivity index (χ2n) is 19.8. The lowest BCUT2D eigenvalue weighted by Crippen LogP contribution is -2.30. The van der Waals surface area contributed by atoms with Gasteiger partial charge in [-0.15, -0.1) is 0 Å². The highest BCUT2D eigenvalue weighted by Crippen LogP contribution is 2.18. The zero-order valence-electron chi connectivity index (χ0n) is 43.0. The fourth-order valence-electron chi connectivity index (χ4n) is 8.72. The lowest BCUT2D eigenvalue weighted by Gasteiger charge is -2.18. The van der Waals surface area contributed by atoms with Crippen LogP contribution in [-0.2, 0) is 28.6 Å². The van der Waals surface area contributed by atoms with Crippen LogP contribution in [0.2, 0.25) is 0 Å². The van der Waals surface area contributed by atoms with Gasteiger partial charge in [0.15, 0.2) is 6.10 Å². The summed E-state index contributed by atoms with van der Waals surface area (Å²) in [6, 6.07) is 0. The summed E-state index contributed by atoms with van der Waals surface area (Å²) < 4.78 is 16.9. The molecular weight excluding hydrogens is 781 g/mol. The van der Waals surface area contributed by atoms with E-state index in [4.69, 9.17) is 14.2 Å². The first-order valence-corrected chi connectivity index (χ1v) is 28.4. The van der Waals surface area contributed by atoms with Crippen molar-refractivity contribution in [3.63, 3.8) is 0 Å². The molecule has 2 atom stereocenters. The maximum Gasteiger partial charge on any atom is 0.306 e. The second-order valence-corrected chi connectivity index (χ2v) is 19.8. The van der Waals surface area contributed by atoms with Crippen molar-refractivity contribution in [2.45, 2.75) is 329 Å². The monoisotopic (exact) mass is 891 g/mol. The standard InChI is InChI=1S/C57H110O6/c1-5-8-10-12-14-16-18-20-21-22-23-24-25-26-28-34-38-42-46-50-57(60)63-54(51-61-55(58)48-44-40-36-32-27-19-17-15-13-11-9-6-2)52-62-56(59)49-45-41-37-33-30-29-31-35-39-43-47-53(4)7-3/h53-54H,5-52H2,1-4H3/t53?,54-/m1/s1. The third kappa shape index (κ3) is 49.7. The van der Waals surface area contributed by atoms with Crippen molar-refractivity contribution in [1.82, 2.24) is 0 Å². The second kappa shape index (κ2) is 51.4. The van der Waals surface area contributed by atoms with Gasteiger partial charge in [0.1, 0.15) is 13.2 Å². The van der Waals surface area contributed by atoms with Crippen molar-refractivity contribution in [2.75, 3.05) is 13.2 Å². The molecule has 0 aromatic rings. The molecule has 0 spiro atoms. The minimum atomic E-state index is -0.761. The van der Waals surface area contributed by atoms with Crippen LogP contribution in [0.4, 0.5) is 0 Å². The summed E-state index contributed by atoms with van der Waals surface area (Å²) in [5.74, 6) is 0.0312. The number of hydrogen-bond acceptors (Lipinski definition) is 6. The van der Waals surface area contributed by atoms with Crippen molar-refractivity contribution in [3.05, 3.63) is 0 Å². The van der Waals surface area contributed by atoms with E-state index in [2.05, 4.69) is 27.7 Å². The van der Waals surface area contributed by atoms with Gasteiger partial charge in [-0.1, -0.05) is 285 Å². The molecule has 63 heavy (non-hydrogen) atoms. The normalized spacial score (nSPS) is 12.4. The molecule has 0 radical (unpaired) electrons. The summed E-state index contributed by atoms with van der Waals surface area (Å²) in [4.78, 5) is 38.1. The largest absolute Gasteiger partial charge is 0.462 e. The molecule has 0 bridgehead atoms. The highest BCUT2D eigenvalue weighted by atomic mass is 16.6. The maximum atomic E-state index is 12.8. The predicted octanol–water partition coefficient (Wildman–Crippen LogP) is 18.6. The molecule has 6 nitrogen and oxygen atoms in total. The first-order chi connectivity index (χ1) is 30.9. The van der Waals surface area contributed by atoms with Crippen molar-refractivity contribution in [1.29, 1.82) is 0 Å². The van der Waals surface area contributed by atoms with Crippen LogP contribution in [0.15, 0.2) is 0 Å². The van der Waals surface area contributed by atoms with Gasteiger partial charge < -0.3 is 14.2 Å². The average molecular weight is 892 g/mol. The van der Waals surface area contributed by atoms with E-state index in [0.29, 0.717) is 19.3 Å². The van der Waals surface area contributed by atoms with Gasteiger partial charge in [0.2, 0.25) is 0 Å². The fourth-order valence-corrected chi connectivity index (χ4v) is 8.72. The SMILES string of the molecule is CCCCCCCCCCCCCCCCCCCCCC(=O)O[C@H](COC(=O)CCCCCCCCCCCCCC)COC(=O)CCCCCCCCCCCCC(C)CC. The third-order valence-corrected chi connectivity index (χ3v) is 13.4. The number of carbonyl (C=O) groups excluding carboxylic acids is 3. The van der Waals surface area contributed by atoms with E-state index in [1.807, 2.05) is 0 Å². The Kier molecular flexibility index (Phi) is 50.1. The Morgan fingerprint density at radius 1 is 0.317 bits per heavy atom. The fraction of sp³-hybridized carbons (Fsp3) is 0.947. The molecule has 0 aliphatic carbocycles. The molecule has 0 fully saturated rings. The maximum absolute atomic E-state index is 12.8. The summed E-state index contributed by atoms with van der Waals surface area (Å²) >= 11 is 0. The average Bonchev–Trinajstić information content (AvgIpc) is 3.28. The smallest absolute Gasteiger partial charge is 0.306 e. The van der Waals surface area contributed by atoms with E-state index in [-0.39, 0.29) is 31.1 Å². The van der Waals surface area contributed by atoms with Gasteiger partial charge in [0.05, 0.1) is 0 Å². The van der Waals surface area contributed by atoms with Crippen LogP contribution in [0.5, 0.6) is 0 Å². The molecule has 0 saturated carbocycles. The van der Waals surface area contributed by atoms with Gasteiger partial charge in [-0.05, 0) is 25.2 Å². The van der Waals surface area contributed by atoms with E-state index in [9.17, 15) is 14.4 Å². The number of esters is 3. The number of unbranched alkanes of at least 4 members (excludes halogenated alkanes) is 38. The molecule has 0 heterocycles. The predicted molar refractivity (Wildman–Crippen MR) is 270 cm³/mol. The van der Waals surface area contributed by atoms with Gasteiger partial charge in [-0.2, -0.15) is 0 Å². The molecule has 1 unspecified atom stereocenters. The highest BCUT2D eigenvalue weighted by Gasteiger charge is 2.19. The molecule has 0 saturated heterocycles. The molecule has 6 heteroatoms. The Morgan fingerprint density at radius 3 is 0.825 bits per heavy atom. The quantitative estimate of drug-likeness (QED) is 0.0344. The van der Waals surface area contributed by atoms with Gasteiger partial charge in [-0.25, -0.2) is 0 Å². The van der Waals surface area contributed by atoms with E-state index in [1.54, 1.807) is 0 Å². The highest BCUT2D eigenvalue weighted by molar-refractivity contribution is 5.71. The Morgan fingerprint density at radius 2 is 0.556 bits per heavy atom. The van der Waals surface area contributed by atoms with E-state index >= 15 is 0 Å². The third-order valence-electron chi connectivity index (χ3n) is 13.4. The van der Waals surface area contributed by atoms with E-state index in [0.717, 1.165) is 63.7 Å². The van der Waals surface area contributed by atoms with Crippen molar-refractivity contribution < 1.29 is 28.6 Å². The molecule has 0 N–H and O–H groups in total. The van der Waals surface area contributed by atoms with Crippen LogP contribution in [0.1, 0.15) is 323 Å². The van der Waals surface area contributed by atoms with E-state index in [1.165, 1.54) is 218 Å². The summed E-state index contributed by atoms with van der Waals surface area (Å²) in [5.41, 5.74) is 0. The van der Waals surface area contributed by atoms with Crippen molar-refractivity contribution >= 4 is 17.9 Å². The number of ether oxygens (including phenoxy) is 3. The van der Waals surface area contributed by atoms with Crippen LogP contribution in [0.3, 0.4) is 0 Å². The molecule has 0 amide bonds. The summed E-state index contributed by atoms with van der Waals surface area (Å²) in [5, 5.41) is 0. The Hall–Kier alpha value is -1.59.